The molecular formula is C16H24FNO. The molecule has 0 aromatic heterocycles. The monoisotopic (exact) mass is 265 g/mol. The van der Waals surface area contributed by atoms with Crippen molar-refractivity contribution in [3.63, 3.8) is 0 Å². The second-order valence-electron chi connectivity index (χ2n) is 5.70. The molecule has 0 radical (unpaired) electrons. The summed E-state index contributed by atoms with van der Waals surface area (Å²) >= 11 is 0. The van der Waals surface area contributed by atoms with Crippen molar-refractivity contribution in [3.8, 4) is 5.75 Å². The van der Waals surface area contributed by atoms with E-state index in [0.717, 1.165) is 12.1 Å². The first-order chi connectivity index (χ1) is 9.10. The summed E-state index contributed by atoms with van der Waals surface area (Å²) in [6.45, 7) is 5.44. The Kier molecular flexibility index (Phi) is 4.46. The molecule has 0 aliphatic heterocycles. The zero-order valence-electron chi connectivity index (χ0n) is 12.1. The van der Waals surface area contributed by atoms with E-state index in [1.54, 1.807) is 6.07 Å². The Morgan fingerprint density at radius 2 is 2.16 bits per heavy atom. The molecule has 0 spiro atoms. The molecule has 1 N–H and O–H groups in total. The van der Waals surface area contributed by atoms with Gasteiger partial charge in [0.25, 0.3) is 0 Å². The van der Waals surface area contributed by atoms with Gasteiger partial charge < -0.3 is 10.1 Å². The van der Waals surface area contributed by atoms with Gasteiger partial charge in [-0.25, -0.2) is 4.39 Å². The topological polar surface area (TPSA) is 21.3 Å². The van der Waals surface area contributed by atoms with Crippen LogP contribution < -0.4 is 10.1 Å². The van der Waals surface area contributed by atoms with Crippen LogP contribution in [0.2, 0.25) is 0 Å². The van der Waals surface area contributed by atoms with E-state index in [1.807, 2.05) is 6.07 Å². The summed E-state index contributed by atoms with van der Waals surface area (Å²) < 4.78 is 18.4. The van der Waals surface area contributed by atoms with E-state index in [-0.39, 0.29) is 11.9 Å². The van der Waals surface area contributed by atoms with Gasteiger partial charge in [0, 0.05) is 12.6 Å². The number of ether oxygens (including phenoxy) is 1. The van der Waals surface area contributed by atoms with E-state index in [0.29, 0.717) is 11.2 Å². The van der Waals surface area contributed by atoms with Gasteiger partial charge in [-0.2, -0.15) is 0 Å². The van der Waals surface area contributed by atoms with Crippen LogP contribution in [0.15, 0.2) is 18.2 Å². The van der Waals surface area contributed by atoms with Gasteiger partial charge in [0.15, 0.2) is 11.6 Å². The third kappa shape index (κ3) is 3.08. The minimum Gasteiger partial charge on any atom is -0.494 e. The van der Waals surface area contributed by atoms with E-state index in [2.05, 4.69) is 19.2 Å². The van der Waals surface area contributed by atoms with E-state index in [4.69, 9.17) is 4.74 Å². The standard InChI is InChI=1S/C16H24FNO/c1-4-16(8-5-9-16)11-18-12(2)13-6-7-14(17)15(10-13)19-3/h6-7,10,12,18H,4-5,8-9,11H2,1-3H3. The van der Waals surface area contributed by atoms with Gasteiger partial charge in [0.1, 0.15) is 0 Å². The van der Waals surface area contributed by atoms with Crippen LogP contribution in [-0.4, -0.2) is 13.7 Å². The lowest BCUT2D eigenvalue weighted by Crippen LogP contribution is -2.40. The molecule has 106 valence electrons. The number of nitrogens with one attached hydrogen (secondary N) is 1. The summed E-state index contributed by atoms with van der Waals surface area (Å²) in [5.74, 6) is 0.0162. The summed E-state index contributed by atoms with van der Waals surface area (Å²) in [6.07, 6.45) is 5.25. The number of rotatable bonds is 6. The molecule has 0 bridgehead atoms. The molecule has 1 fully saturated rings. The van der Waals surface area contributed by atoms with Crippen molar-refractivity contribution in [1.82, 2.24) is 5.32 Å². The summed E-state index contributed by atoms with van der Waals surface area (Å²) in [7, 11) is 1.50. The zero-order chi connectivity index (χ0) is 13.9. The number of hydrogen-bond donors (Lipinski definition) is 1. The first-order valence-electron chi connectivity index (χ1n) is 7.17. The lowest BCUT2D eigenvalue weighted by atomic mass is 9.67. The highest BCUT2D eigenvalue weighted by molar-refractivity contribution is 5.31. The molecule has 0 heterocycles. The van der Waals surface area contributed by atoms with E-state index < -0.39 is 0 Å². The highest BCUT2D eigenvalue weighted by Crippen LogP contribution is 2.43. The lowest BCUT2D eigenvalue weighted by molar-refractivity contribution is 0.120. The van der Waals surface area contributed by atoms with Crippen molar-refractivity contribution in [3.05, 3.63) is 29.6 Å². The molecule has 1 unspecified atom stereocenters. The normalized spacial score (nSPS) is 18.7. The maximum atomic E-state index is 13.4. The molecule has 3 heteroatoms. The zero-order valence-corrected chi connectivity index (χ0v) is 12.1. The highest BCUT2D eigenvalue weighted by atomic mass is 19.1. The van der Waals surface area contributed by atoms with Gasteiger partial charge in [0.2, 0.25) is 0 Å². The molecule has 19 heavy (non-hydrogen) atoms. The summed E-state index contributed by atoms with van der Waals surface area (Å²) in [4.78, 5) is 0. The third-order valence-corrected chi connectivity index (χ3v) is 4.62. The maximum Gasteiger partial charge on any atom is 0.165 e. The van der Waals surface area contributed by atoms with Crippen molar-refractivity contribution in [1.29, 1.82) is 0 Å². The van der Waals surface area contributed by atoms with Crippen LogP contribution in [0.3, 0.4) is 0 Å². The average molecular weight is 265 g/mol. The van der Waals surface area contributed by atoms with Gasteiger partial charge in [-0.3, -0.25) is 0 Å². The predicted octanol–water partition coefficient (Wildman–Crippen LogP) is 4.07. The Morgan fingerprint density at radius 1 is 1.42 bits per heavy atom. The lowest BCUT2D eigenvalue weighted by Gasteiger charge is -2.42. The van der Waals surface area contributed by atoms with Crippen molar-refractivity contribution in [2.45, 2.75) is 45.6 Å². The molecule has 2 rings (SSSR count). The van der Waals surface area contributed by atoms with Crippen LogP contribution in [0.5, 0.6) is 5.75 Å². The molecule has 1 saturated carbocycles. The molecule has 1 atom stereocenters. The van der Waals surface area contributed by atoms with Crippen LogP contribution in [0, 0.1) is 11.2 Å². The fraction of sp³-hybridized carbons (Fsp3) is 0.625. The summed E-state index contributed by atoms with van der Waals surface area (Å²) in [5, 5.41) is 3.59. The molecule has 0 amide bonds. The SMILES string of the molecule is CCC1(CNC(C)c2ccc(F)c(OC)c2)CCC1. The van der Waals surface area contributed by atoms with Gasteiger partial charge in [-0.05, 0) is 49.3 Å². The fourth-order valence-corrected chi connectivity index (χ4v) is 2.77. The molecular weight excluding hydrogens is 241 g/mol. The van der Waals surface area contributed by atoms with Crippen LogP contribution in [0.1, 0.15) is 51.1 Å². The van der Waals surface area contributed by atoms with Crippen LogP contribution in [0.25, 0.3) is 0 Å². The van der Waals surface area contributed by atoms with Crippen molar-refractivity contribution in [2.24, 2.45) is 5.41 Å². The summed E-state index contributed by atoms with van der Waals surface area (Å²) in [5.41, 5.74) is 1.57. The van der Waals surface area contributed by atoms with Crippen molar-refractivity contribution >= 4 is 0 Å². The Balaban J connectivity index is 1.97. The minimum absolute atomic E-state index is 0.221. The smallest absolute Gasteiger partial charge is 0.165 e. The first kappa shape index (κ1) is 14.3. The predicted molar refractivity (Wildman–Crippen MR) is 75.9 cm³/mol. The molecule has 2 nitrogen and oxygen atoms in total. The average Bonchev–Trinajstić information content (AvgIpc) is 2.38. The Hall–Kier alpha value is -1.09. The molecule has 1 aromatic rings. The number of benzene rings is 1. The largest absolute Gasteiger partial charge is 0.494 e. The number of methoxy groups -OCH3 is 1. The van der Waals surface area contributed by atoms with Crippen molar-refractivity contribution in [2.75, 3.05) is 13.7 Å². The number of halogens is 1. The van der Waals surface area contributed by atoms with Gasteiger partial charge >= 0.3 is 0 Å². The Morgan fingerprint density at radius 3 is 2.68 bits per heavy atom. The fourth-order valence-electron chi connectivity index (χ4n) is 2.77. The van der Waals surface area contributed by atoms with Crippen molar-refractivity contribution < 1.29 is 9.13 Å². The Bertz CT molecular complexity index is 423. The van der Waals surface area contributed by atoms with Gasteiger partial charge in [0.05, 0.1) is 7.11 Å². The molecule has 1 aliphatic carbocycles. The third-order valence-electron chi connectivity index (χ3n) is 4.62. The van der Waals surface area contributed by atoms with E-state index >= 15 is 0 Å². The van der Waals surface area contributed by atoms with E-state index in [9.17, 15) is 4.39 Å². The quantitative estimate of drug-likeness (QED) is 0.837. The minimum atomic E-state index is -0.303. The Labute approximate surface area is 115 Å². The second-order valence-corrected chi connectivity index (χ2v) is 5.70. The van der Waals surface area contributed by atoms with Crippen LogP contribution in [0.4, 0.5) is 4.39 Å². The molecule has 1 aromatic carbocycles. The maximum absolute atomic E-state index is 13.4. The van der Waals surface area contributed by atoms with Crippen LogP contribution in [-0.2, 0) is 0 Å². The summed E-state index contributed by atoms with van der Waals surface area (Å²) in [6, 6.07) is 5.31. The first-order valence-corrected chi connectivity index (χ1v) is 7.17. The van der Waals surface area contributed by atoms with Crippen LogP contribution >= 0.6 is 0 Å². The highest BCUT2D eigenvalue weighted by Gasteiger charge is 2.34. The van der Waals surface area contributed by atoms with Gasteiger partial charge in [-0.1, -0.05) is 19.4 Å². The molecule has 0 saturated heterocycles. The van der Waals surface area contributed by atoms with Gasteiger partial charge in [-0.15, -0.1) is 0 Å². The van der Waals surface area contributed by atoms with E-state index in [1.165, 1.54) is 38.9 Å². The molecule has 1 aliphatic rings. The number of hydrogen-bond acceptors (Lipinski definition) is 2. The second kappa shape index (κ2) is 5.91.